The number of imidazole rings is 2. The third-order valence-corrected chi connectivity index (χ3v) is 7.38. The zero-order chi connectivity index (χ0) is 22.9. The number of nitrogens with zero attached hydrogens (tertiary/aromatic N) is 5. The summed E-state index contributed by atoms with van der Waals surface area (Å²) < 4.78 is 4.44. The van der Waals surface area contributed by atoms with Crippen LogP contribution in [0, 0.1) is 0 Å². The van der Waals surface area contributed by atoms with Crippen LogP contribution in [0.25, 0.3) is 0 Å². The summed E-state index contributed by atoms with van der Waals surface area (Å²) in [5.41, 5.74) is 3.80. The molecule has 2 aliphatic rings. The first-order chi connectivity index (χ1) is 16.8. The Kier molecular flexibility index (Phi) is 5.49. The molecule has 34 heavy (non-hydrogen) atoms. The van der Waals surface area contributed by atoms with Crippen LogP contribution in [-0.4, -0.2) is 43.0 Å². The molecule has 6 nitrogen and oxygen atoms in total. The van der Waals surface area contributed by atoms with Crippen LogP contribution in [-0.2, 0) is 24.3 Å². The lowest BCUT2D eigenvalue weighted by Crippen LogP contribution is -2.43. The number of likely N-dealkylation sites (tertiary alicyclic amines) is 1. The van der Waals surface area contributed by atoms with E-state index in [2.05, 4.69) is 67.7 Å². The van der Waals surface area contributed by atoms with Crippen LogP contribution in [0.15, 0.2) is 79.4 Å². The molecule has 1 unspecified atom stereocenters. The third-order valence-electron chi connectivity index (χ3n) is 7.38. The van der Waals surface area contributed by atoms with Gasteiger partial charge in [0, 0.05) is 50.3 Å². The molecule has 1 aliphatic heterocycles. The van der Waals surface area contributed by atoms with Gasteiger partial charge in [-0.15, -0.1) is 0 Å². The first-order valence-electron chi connectivity index (χ1n) is 12.2. The Hall–Kier alpha value is -3.67. The monoisotopic (exact) mass is 451 g/mol. The molecule has 0 N–H and O–H groups in total. The number of aromatic nitrogens is 4. The Bertz CT molecular complexity index is 1280. The quantitative estimate of drug-likeness (QED) is 0.441. The summed E-state index contributed by atoms with van der Waals surface area (Å²) in [7, 11) is 0. The van der Waals surface area contributed by atoms with E-state index in [-0.39, 0.29) is 5.92 Å². The predicted octanol–water partition coefficient (Wildman–Crippen LogP) is 4.22. The van der Waals surface area contributed by atoms with E-state index in [1.165, 1.54) is 16.7 Å². The summed E-state index contributed by atoms with van der Waals surface area (Å²) in [4.78, 5) is 24.5. The van der Waals surface area contributed by atoms with Crippen molar-refractivity contribution in [1.29, 1.82) is 0 Å². The number of benzene rings is 2. The number of rotatable bonds is 6. The Morgan fingerprint density at radius 1 is 0.853 bits per heavy atom. The van der Waals surface area contributed by atoms with Crippen molar-refractivity contribution in [3.63, 3.8) is 0 Å². The molecule has 0 bridgehead atoms. The number of amides is 1. The second-order valence-corrected chi connectivity index (χ2v) is 9.43. The summed E-state index contributed by atoms with van der Waals surface area (Å²) in [6.45, 7) is 3.12. The van der Waals surface area contributed by atoms with Crippen molar-refractivity contribution in [2.75, 3.05) is 13.1 Å². The molecule has 1 atom stereocenters. The number of carbonyl (C=O) groups is 1. The molecule has 0 saturated carbocycles. The molecule has 1 fully saturated rings. The molecule has 172 valence electrons. The minimum Gasteiger partial charge on any atom is -0.342 e. The summed E-state index contributed by atoms with van der Waals surface area (Å²) in [6.07, 6.45) is 10.7. The zero-order valence-electron chi connectivity index (χ0n) is 19.3. The summed E-state index contributed by atoms with van der Waals surface area (Å²) in [5.74, 6) is 2.85. The van der Waals surface area contributed by atoms with Crippen LogP contribution in [0.5, 0.6) is 0 Å². The van der Waals surface area contributed by atoms with E-state index in [0.717, 1.165) is 50.5 Å². The second-order valence-electron chi connectivity index (χ2n) is 9.43. The summed E-state index contributed by atoms with van der Waals surface area (Å²) in [6, 6.07) is 18.8. The van der Waals surface area contributed by atoms with Gasteiger partial charge in [-0.3, -0.25) is 4.79 Å². The predicted molar refractivity (Wildman–Crippen MR) is 131 cm³/mol. The van der Waals surface area contributed by atoms with Crippen LogP contribution >= 0.6 is 0 Å². The lowest BCUT2D eigenvalue weighted by Gasteiger charge is -2.37. The van der Waals surface area contributed by atoms with E-state index in [9.17, 15) is 4.79 Å². The molecule has 1 aliphatic carbocycles. The fraction of sp³-hybridized carbons (Fsp3) is 0.321. The molecule has 2 aromatic heterocycles. The van der Waals surface area contributed by atoms with Gasteiger partial charge < -0.3 is 14.0 Å². The average Bonchev–Trinajstić information content (AvgIpc) is 3.50. The maximum absolute atomic E-state index is 13.1. The highest BCUT2D eigenvalue weighted by atomic mass is 16.2. The van der Waals surface area contributed by atoms with Crippen molar-refractivity contribution in [2.45, 2.75) is 44.2 Å². The lowest BCUT2D eigenvalue weighted by atomic mass is 9.76. The molecular formula is C28H29N5O. The van der Waals surface area contributed by atoms with Gasteiger partial charge in [0.15, 0.2) is 0 Å². The van der Waals surface area contributed by atoms with E-state index in [0.29, 0.717) is 18.4 Å². The lowest BCUT2D eigenvalue weighted by molar-refractivity contribution is -0.134. The van der Waals surface area contributed by atoms with Crippen molar-refractivity contribution >= 4 is 5.91 Å². The molecule has 2 aromatic carbocycles. The van der Waals surface area contributed by atoms with Crippen LogP contribution in [0.2, 0.25) is 0 Å². The topological polar surface area (TPSA) is 56.0 Å². The van der Waals surface area contributed by atoms with E-state index < -0.39 is 0 Å². The SMILES string of the molecule is O=C(C1Cc2ccccc21)N1CCC(c2nccn2Cc2nccn2Cc2ccccc2)CC1. The van der Waals surface area contributed by atoms with E-state index in [4.69, 9.17) is 4.98 Å². The minimum atomic E-state index is 0.0539. The van der Waals surface area contributed by atoms with Crippen LogP contribution in [0.3, 0.4) is 0 Å². The van der Waals surface area contributed by atoms with E-state index in [1.807, 2.05) is 30.7 Å². The first-order valence-corrected chi connectivity index (χ1v) is 12.2. The van der Waals surface area contributed by atoms with Gasteiger partial charge in [-0.1, -0.05) is 54.6 Å². The maximum atomic E-state index is 13.1. The highest BCUT2D eigenvalue weighted by Gasteiger charge is 2.36. The molecule has 0 radical (unpaired) electrons. The molecule has 3 heterocycles. The van der Waals surface area contributed by atoms with Gasteiger partial charge in [-0.05, 0) is 36.0 Å². The van der Waals surface area contributed by atoms with Crippen molar-refractivity contribution in [3.05, 3.63) is 108 Å². The molecule has 0 spiro atoms. The van der Waals surface area contributed by atoms with Crippen LogP contribution in [0.1, 0.15) is 53.0 Å². The van der Waals surface area contributed by atoms with Crippen molar-refractivity contribution in [3.8, 4) is 0 Å². The number of carbonyl (C=O) groups excluding carboxylic acids is 1. The Labute approximate surface area is 199 Å². The van der Waals surface area contributed by atoms with Gasteiger partial charge in [0.2, 0.25) is 5.91 Å². The molecule has 1 amide bonds. The standard InChI is InChI=1S/C28H29N5O/c34-28(25-18-23-8-4-5-9-24(23)25)31-14-10-22(11-15-31)27-30-13-17-33(27)20-26-29-12-16-32(26)19-21-6-2-1-3-7-21/h1-9,12-13,16-17,22,25H,10-11,14-15,18-20H2. The maximum Gasteiger partial charge on any atom is 0.230 e. The van der Waals surface area contributed by atoms with Gasteiger partial charge in [-0.2, -0.15) is 0 Å². The fourth-order valence-corrected chi connectivity index (χ4v) is 5.44. The minimum absolute atomic E-state index is 0.0539. The number of fused-ring (bicyclic) bond motifs is 1. The largest absolute Gasteiger partial charge is 0.342 e. The second kappa shape index (κ2) is 8.93. The van der Waals surface area contributed by atoms with Gasteiger partial charge in [0.25, 0.3) is 0 Å². The van der Waals surface area contributed by atoms with Crippen LogP contribution in [0.4, 0.5) is 0 Å². The highest BCUT2D eigenvalue weighted by molar-refractivity contribution is 5.87. The molecule has 4 aromatic rings. The van der Waals surface area contributed by atoms with Gasteiger partial charge in [0.1, 0.15) is 11.6 Å². The van der Waals surface area contributed by atoms with Gasteiger partial charge in [-0.25, -0.2) is 9.97 Å². The number of hydrogen-bond donors (Lipinski definition) is 0. The smallest absolute Gasteiger partial charge is 0.230 e. The van der Waals surface area contributed by atoms with Crippen molar-refractivity contribution < 1.29 is 4.79 Å². The molecule has 1 saturated heterocycles. The molecule has 6 heteroatoms. The van der Waals surface area contributed by atoms with E-state index >= 15 is 0 Å². The van der Waals surface area contributed by atoms with Crippen molar-refractivity contribution in [1.82, 2.24) is 24.0 Å². The Morgan fingerprint density at radius 3 is 2.41 bits per heavy atom. The third kappa shape index (κ3) is 3.94. The highest BCUT2D eigenvalue weighted by Crippen LogP contribution is 2.37. The zero-order valence-corrected chi connectivity index (χ0v) is 19.3. The summed E-state index contributed by atoms with van der Waals surface area (Å²) in [5, 5.41) is 0. The normalized spacial score (nSPS) is 17.9. The Morgan fingerprint density at radius 2 is 1.59 bits per heavy atom. The molecular weight excluding hydrogens is 422 g/mol. The fourth-order valence-electron chi connectivity index (χ4n) is 5.44. The van der Waals surface area contributed by atoms with Crippen LogP contribution < -0.4 is 0 Å². The molecule has 6 rings (SSSR count). The number of piperidine rings is 1. The van der Waals surface area contributed by atoms with E-state index in [1.54, 1.807) is 0 Å². The summed E-state index contributed by atoms with van der Waals surface area (Å²) >= 11 is 0. The van der Waals surface area contributed by atoms with Gasteiger partial charge in [0.05, 0.1) is 12.5 Å². The van der Waals surface area contributed by atoms with Crippen molar-refractivity contribution in [2.24, 2.45) is 0 Å². The number of hydrogen-bond acceptors (Lipinski definition) is 3. The first kappa shape index (κ1) is 20.9. The average molecular weight is 452 g/mol. The van der Waals surface area contributed by atoms with Gasteiger partial charge >= 0.3 is 0 Å². The Balaban J connectivity index is 1.10.